The third-order valence-corrected chi connectivity index (χ3v) is 7.55. The summed E-state index contributed by atoms with van der Waals surface area (Å²) in [4.78, 5) is 6.00. The van der Waals surface area contributed by atoms with E-state index in [1.165, 1.54) is 0 Å². The van der Waals surface area contributed by atoms with E-state index in [9.17, 15) is 9.11 Å². The lowest BCUT2D eigenvalue weighted by molar-refractivity contribution is 0.301. The van der Waals surface area contributed by atoms with Crippen LogP contribution in [0, 0.1) is 0 Å². The van der Waals surface area contributed by atoms with Crippen LogP contribution in [0.25, 0.3) is 0 Å². The molecule has 26 heavy (non-hydrogen) atoms. The first-order valence-electron chi connectivity index (χ1n) is 8.26. The maximum atomic E-state index is 10.3. The number of rotatable bonds is 5. The molecule has 2 N–H and O–H groups in total. The second-order valence-corrected chi connectivity index (χ2v) is 9.44. The first-order chi connectivity index (χ1) is 12.6. The highest BCUT2D eigenvalue weighted by Gasteiger charge is 2.35. The summed E-state index contributed by atoms with van der Waals surface area (Å²) in [6.07, 6.45) is 1.75. The number of hydrogen-bond donors (Lipinski definition) is 2. The molecule has 1 atom stereocenters. The van der Waals surface area contributed by atoms with E-state index in [0.29, 0.717) is 17.3 Å². The van der Waals surface area contributed by atoms with Crippen LogP contribution >= 0.6 is 22.4 Å². The van der Waals surface area contributed by atoms with Gasteiger partial charge in [-0.15, -0.1) is 11.8 Å². The average Bonchev–Trinajstić information content (AvgIpc) is 2.93. The highest BCUT2D eigenvalue weighted by Crippen LogP contribution is 2.62. The smallest absolute Gasteiger partial charge is 0.130 e. The van der Waals surface area contributed by atoms with Crippen LogP contribution in [0.3, 0.4) is 0 Å². The monoisotopic (exact) mass is 385 g/mol. The maximum Gasteiger partial charge on any atom is 0.130 e. The molecule has 0 spiro atoms. The standard InChI is InChI=1S/C20H19NO3S2/c22-26(23)14-19(18-6-1-2-7-20(18)26)25-17-10-8-16(9-11-17)24-13-15-5-3-4-12-21-15/h1-12,19,22-23H,13-14H2. The minimum absolute atomic E-state index is 0.0523. The summed E-state index contributed by atoms with van der Waals surface area (Å²) in [5.41, 5.74) is 1.91. The van der Waals surface area contributed by atoms with Crippen molar-refractivity contribution in [2.24, 2.45) is 0 Å². The molecule has 0 aliphatic carbocycles. The van der Waals surface area contributed by atoms with Crippen LogP contribution in [0.2, 0.25) is 0 Å². The van der Waals surface area contributed by atoms with Gasteiger partial charge in [-0.1, -0.05) is 24.3 Å². The summed E-state index contributed by atoms with van der Waals surface area (Å²) in [5, 5.41) is 0.0523. The Morgan fingerprint density at radius 3 is 2.54 bits per heavy atom. The molecular weight excluding hydrogens is 366 g/mol. The van der Waals surface area contributed by atoms with Gasteiger partial charge in [0.25, 0.3) is 0 Å². The van der Waals surface area contributed by atoms with Gasteiger partial charge < -0.3 is 4.74 Å². The maximum absolute atomic E-state index is 10.3. The normalized spacial score (nSPS) is 18.9. The Balaban J connectivity index is 1.42. The second-order valence-electron chi connectivity index (χ2n) is 6.06. The SMILES string of the molecule is OS1(O)CC(Sc2ccc(OCc3ccccn3)cc2)c2ccccc21. The summed E-state index contributed by atoms with van der Waals surface area (Å²) in [7, 11) is -2.67. The number of fused-ring (bicyclic) bond motifs is 1. The van der Waals surface area contributed by atoms with E-state index in [1.807, 2.05) is 66.7 Å². The van der Waals surface area contributed by atoms with Gasteiger partial charge in [0, 0.05) is 11.1 Å². The minimum Gasteiger partial charge on any atom is -0.487 e. The summed E-state index contributed by atoms with van der Waals surface area (Å²) in [5.74, 6) is 1.16. The molecule has 1 aromatic heterocycles. The zero-order valence-corrected chi connectivity index (χ0v) is 15.6. The zero-order valence-electron chi connectivity index (χ0n) is 14.0. The highest BCUT2D eigenvalue weighted by molar-refractivity contribution is 8.25. The van der Waals surface area contributed by atoms with Crippen molar-refractivity contribution in [3.63, 3.8) is 0 Å². The van der Waals surface area contributed by atoms with E-state index in [0.717, 1.165) is 21.9 Å². The molecule has 0 radical (unpaired) electrons. The van der Waals surface area contributed by atoms with Crippen molar-refractivity contribution in [2.75, 3.05) is 5.75 Å². The fourth-order valence-electron chi connectivity index (χ4n) is 2.95. The van der Waals surface area contributed by atoms with Crippen LogP contribution in [0.4, 0.5) is 0 Å². The van der Waals surface area contributed by atoms with E-state index < -0.39 is 10.6 Å². The van der Waals surface area contributed by atoms with E-state index >= 15 is 0 Å². The molecule has 6 heteroatoms. The first-order valence-corrected chi connectivity index (χ1v) is 10.9. The third kappa shape index (κ3) is 3.73. The van der Waals surface area contributed by atoms with Crippen LogP contribution in [-0.4, -0.2) is 19.8 Å². The Labute approximate surface area is 158 Å². The van der Waals surface area contributed by atoms with Crippen molar-refractivity contribution < 1.29 is 13.8 Å². The van der Waals surface area contributed by atoms with Crippen LogP contribution < -0.4 is 4.74 Å². The molecule has 1 unspecified atom stereocenters. The number of pyridine rings is 1. The van der Waals surface area contributed by atoms with E-state index in [1.54, 1.807) is 18.0 Å². The van der Waals surface area contributed by atoms with Gasteiger partial charge in [-0.3, -0.25) is 14.1 Å². The Morgan fingerprint density at radius 2 is 1.77 bits per heavy atom. The van der Waals surface area contributed by atoms with Crippen molar-refractivity contribution in [1.82, 2.24) is 4.98 Å². The van der Waals surface area contributed by atoms with Crippen LogP contribution in [0.1, 0.15) is 16.5 Å². The molecule has 4 rings (SSSR count). The largest absolute Gasteiger partial charge is 0.487 e. The van der Waals surface area contributed by atoms with Crippen LogP contribution in [0.15, 0.2) is 82.7 Å². The molecule has 1 aliphatic heterocycles. The van der Waals surface area contributed by atoms with Crippen molar-refractivity contribution in [3.05, 3.63) is 84.2 Å². The van der Waals surface area contributed by atoms with Gasteiger partial charge >= 0.3 is 0 Å². The number of benzene rings is 2. The number of thioether (sulfide) groups is 1. The fourth-order valence-corrected chi connectivity index (χ4v) is 6.49. The topological polar surface area (TPSA) is 62.6 Å². The summed E-state index contributed by atoms with van der Waals surface area (Å²) in [6, 6.07) is 21.2. The van der Waals surface area contributed by atoms with Gasteiger partial charge in [0.2, 0.25) is 0 Å². The molecule has 134 valence electrons. The molecule has 0 amide bonds. The third-order valence-electron chi connectivity index (χ3n) is 4.22. The number of ether oxygens (including phenoxy) is 1. The summed E-state index contributed by atoms with van der Waals surface area (Å²) >= 11 is 1.65. The predicted molar refractivity (Wildman–Crippen MR) is 106 cm³/mol. The fraction of sp³-hybridized carbons (Fsp3) is 0.150. The zero-order chi connectivity index (χ0) is 18.0. The van der Waals surface area contributed by atoms with Crippen molar-refractivity contribution >= 4 is 22.4 Å². The summed E-state index contributed by atoms with van der Waals surface area (Å²) < 4.78 is 26.4. The van der Waals surface area contributed by atoms with E-state index in [4.69, 9.17) is 4.74 Å². The van der Waals surface area contributed by atoms with Gasteiger partial charge in [-0.2, -0.15) is 10.6 Å². The van der Waals surface area contributed by atoms with Crippen LogP contribution in [0.5, 0.6) is 5.75 Å². The molecule has 0 bridgehead atoms. The van der Waals surface area contributed by atoms with Crippen LogP contribution in [-0.2, 0) is 6.61 Å². The van der Waals surface area contributed by atoms with Crippen molar-refractivity contribution in [3.8, 4) is 5.75 Å². The second kappa shape index (κ2) is 7.32. The Morgan fingerprint density at radius 1 is 1.00 bits per heavy atom. The van der Waals surface area contributed by atoms with Gasteiger partial charge in [0.05, 0.1) is 21.6 Å². The highest BCUT2D eigenvalue weighted by atomic mass is 32.3. The van der Waals surface area contributed by atoms with Crippen molar-refractivity contribution in [1.29, 1.82) is 0 Å². The molecule has 2 heterocycles. The molecule has 3 aromatic rings. The average molecular weight is 386 g/mol. The lowest BCUT2D eigenvalue weighted by atomic mass is 10.2. The molecule has 4 nitrogen and oxygen atoms in total. The predicted octanol–water partition coefficient (Wildman–Crippen LogP) is 5.62. The minimum atomic E-state index is -2.67. The van der Waals surface area contributed by atoms with Gasteiger partial charge in [0.15, 0.2) is 0 Å². The Kier molecular flexibility index (Phi) is 4.91. The first kappa shape index (κ1) is 17.4. The Bertz CT molecular complexity index is 885. The van der Waals surface area contributed by atoms with E-state index in [2.05, 4.69) is 4.98 Å². The molecular formula is C20H19NO3S2. The molecule has 1 aliphatic rings. The van der Waals surface area contributed by atoms with Gasteiger partial charge in [-0.05, 0) is 48.0 Å². The summed E-state index contributed by atoms with van der Waals surface area (Å²) in [6.45, 7) is 0.435. The quantitative estimate of drug-likeness (QED) is 0.597. The molecule has 0 saturated carbocycles. The lowest BCUT2D eigenvalue weighted by Gasteiger charge is -2.27. The van der Waals surface area contributed by atoms with E-state index in [-0.39, 0.29) is 5.25 Å². The lowest BCUT2D eigenvalue weighted by Crippen LogP contribution is -1.99. The number of nitrogens with zero attached hydrogens (tertiary/aromatic N) is 1. The molecule has 2 aromatic carbocycles. The number of aromatic nitrogens is 1. The number of hydrogen-bond acceptors (Lipinski definition) is 5. The van der Waals surface area contributed by atoms with Gasteiger partial charge in [-0.25, -0.2) is 0 Å². The van der Waals surface area contributed by atoms with Gasteiger partial charge in [0.1, 0.15) is 12.4 Å². The molecule has 0 fully saturated rings. The molecule has 0 saturated heterocycles. The Hall–Kier alpha value is -1.99. The van der Waals surface area contributed by atoms with Crippen molar-refractivity contribution in [2.45, 2.75) is 21.6 Å².